The molecule has 0 atom stereocenters. The lowest BCUT2D eigenvalue weighted by Crippen LogP contribution is -2.43. The van der Waals surface area contributed by atoms with Gasteiger partial charge < -0.3 is 9.69 Å². The second-order valence-electron chi connectivity index (χ2n) is 4.65. The van der Waals surface area contributed by atoms with Gasteiger partial charge in [0.25, 0.3) is 0 Å². The van der Waals surface area contributed by atoms with Gasteiger partial charge in [-0.3, -0.25) is 0 Å². The molecule has 0 radical (unpaired) electrons. The number of piperidine rings is 1. The fourth-order valence-corrected chi connectivity index (χ4v) is 2.66. The molecule has 13 heavy (non-hydrogen) atoms. The summed E-state index contributed by atoms with van der Waals surface area (Å²) in [6.45, 7) is 3.45. The molecule has 1 saturated carbocycles. The Kier molecular flexibility index (Phi) is 2.68. The third-order valence-corrected chi connectivity index (χ3v) is 3.89. The number of carbonyl (C=O) groups is 1. The molecule has 0 aromatic heterocycles. The molecule has 0 aromatic carbocycles. The highest BCUT2D eigenvalue weighted by atomic mass is 16.1. The van der Waals surface area contributed by atoms with Crippen molar-refractivity contribution in [3.8, 4) is 0 Å². The first-order valence-corrected chi connectivity index (χ1v) is 5.51. The van der Waals surface area contributed by atoms with Gasteiger partial charge in [-0.2, -0.15) is 0 Å². The van der Waals surface area contributed by atoms with Crippen molar-refractivity contribution in [1.29, 1.82) is 0 Å². The molecule has 0 bridgehead atoms. The average molecular weight is 181 g/mol. The van der Waals surface area contributed by atoms with Crippen molar-refractivity contribution in [2.24, 2.45) is 5.41 Å². The third kappa shape index (κ3) is 1.93. The van der Waals surface area contributed by atoms with E-state index in [-0.39, 0.29) is 0 Å². The van der Waals surface area contributed by atoms with Crippen LogP contribution in [0.4, 0.5) is 0 Å². The van der Waals surface area contributed by atoms with Crippen LogP contribution in [-0.4, -0.2) is 30.8 Å². The molecule has 74 valence electrons. The topological polar surface area (TPSA) is 20.3 Å². The van der Waals surface area contributed by atoms with E-state index in [9.17, 15) is 4.79 Å². The molecule has 1 aliphatic heterocycles. The largest absolute Gasteiger partial charge is 0.303 e. The van der Waals surface area contributed by atoms with E-state index in [1.165, 1.54) is 45.2 Å². The summed E-state index contributed by atoms with van der Waals surface area (Å²) in [5.74, 6) is 0. The Balaban J connectivity index is 1.72. The quantitative estimate of drug-likeness (QED) is 0.619. The highest BCUT2D eigenvalue weighted by Crippen LogP contribution is 2.48. The number of likely N-dealkylation sites (tertiary alicyclic amines) is 1. The maximum Gasteiger partial charge on any atom is 0.121 e. The van der Waals surface area contributed by atoms with E-state index < -0.39 is 0 Å². The smallest absolute Gasteiger partial charge is 0.121 e. The Morgan fingerprint density at radius 3 is 2.31 bits per heavy atom. The molecule has 1 aliphatic carbocycles. The summed E-state index contributed by atoms with van der Waals surface area (Å²) >= 11 is 0. The zero-order valence-electron chi connectivity index (χ0n) is 8.30. The van der Waals surface area contributed by atoms with Crippen LogP contribution in [0.1, 0.15) is 38.5 Å². The van der Waals surface area contributed by atoms with Crippen molar-refractivity contribution in [2.75, 3.05) is 19.6 Å². The average Bonchev–Trinajstić information content (AvgIpc) is 2.13. The molecule has 2 heteroatoms. The highest BCUT2D eigenvalue weighted by molar-refractivity contribution is 5.49. The molecule has 1 heterocycles. The molecule has 2 fully saturated rings. The Hall–Kier alpha value is -0.370. The molecule has 2 nitrogen and oxygen atoms in total. The third-order valence-electron chi connectivity index (χ3n) is 3.89. The van der Waals surface area contributed by atoms with Crippen molar-refractivity contribution in [1.82, 2.24) is 4.90 Å². The summed E-state index contributed by atoms with van der Waals surface area (Å²) in [4.78, 5) is 12.7. The van der Waals surface area contributed by atoms with Crippen LogP contribution in [0.2, 0.25) is 0 Å². The molecule has 1 saturated heterocycles. The lowest BCUT2D eigenvalue weighted by molar-refractivity contribution is -0.108. The first-order chi connectivity index (χ1) is 6.35. The number of rotatable bonds is 3. The molecule has 0 N–H and O–H groups in total. The van der Waals surface area contributed by atoms with Crippen LogP contribution in [0.5, 0.6) is 0 Å². The van der Waals surface area contributed by atoms with Crippen LogP contribution in [0, 0.1) is 5.41 Å². The van der Waals surface area contributed by atoms with Crippen molar-refractivity contribution in [2.45, 2.75) is 38.5 Å². The number of carbonyl (C=O) groups excluding carboxylic acids is 1. The van der Waals surface area contributed by atoms with Crippen LogP contribution in [0.3, 0.4) is 0 Å². The van der Waals surface area contributed by atoms with Gasteiger partial charge in [0.15, 0.2) is 0 Å². The zero-order chi connectivity index (χ0) is 9.15. The number of hydrogen-bond donors (Lipinski definition) is 0. The second-order valence-corrected chi connectivity index (χ2v) is 4.65. The van der Waals surface area contributed by atoms with Crippen molar-refractivity contribution in [3.63, 3.8) is 0 Å². The predicted molar refractivity (Wildman–Crippen MR) is 52.6 cm³/mol. The monoisotopic (exact) mass is 181 g/mol. The van der Waals surface area contributed by atoms with E-state index in [4.69, 9.17) is 0 Å². The van der Waals surface area contributed by atoms with Gasteiger partial charge in [0.1, 0.15) is 6.29 Å². The van der Waals surface area contributed by atoms with E-state index in [1.807, 2.05) is 0 Å². The summed E-state index contributed by atoms with van der Waals surface area (Å²) in [6, 6.07) is 0. The summed E-state index contributed by atoms with van der Waals surface area (Å²) in [7, 11) is 0. The minimum absolute atomic E-state index is 0.715. The first kappa shape index (κ1) is 9.20. The van der Waals surface area contributed by atoms with E-state index in [0.29, 0.717) is 6.42 Å². The maximum atomic E-state index is 10.2. The molecule has 2 rings (SSSR count). The molecule has 1 spiro atoms. The molecular weight excluding hydrogens is 162 g/mol. The van der Waals surface area contributed by atoms with Gasteiger partial charge >= 0.3 is 0 Å². The summed E-state index contributed by atoms with van der Waals surface area (Å²) in [5.41, 5.74) is 0.748. The molecule has 2 aliphatic rings. The minimum Gasteiger partial charge on any atom is -0.303 e. The lowest BCUT2D eigenvalue weighted by atomic mass is 9.63. The molecule has 0 aromatic rings. The van der Waals surface area contributed by atoms with Gasteiger partial charge in [0.05, 0.1) is 0 Å². The molecule has 0 amide bonds. The Bertz CT molecular complexity index is 177. The summed E-state index contributed by atoms with van der Waals surface area (Å²) < 4.78 is 0. The summed E-state index contributed by atoms with van der Waals surface area (Å²) in [5, 5.41) is 0. The minimum atomic E-state index is 0.715. The van der Waals surface area contributed by atoms with E-state index in [0.717, 1.165) is 18.2 Å². The molecular formula is C11H19NO. The fraction of sp³-hybridized carbons (Fsp3) is 0.909. The van der Waals surface area contributed by atoms with Crippen molar-refractivity contribution in [3.05, 3.63) is 0 Å². The van der Waals surface area contributed by atoms with Gasteiger partial charge in [-0.05, 0) is 44.2 Å². The first-order valence-electron chi connectivity index (χ1n) is 5.51. The summed E-state index contributed by atoms with van der Waals surface area (Å²) in [6.07, 6.45) is 8.90. The van der Waals surface area contributed by atoms with E-state index in [2.05, 4.69) is 4.90 Å². The predicted octanol–water partition coefficient (Wildman–Crippen LogP) is 1.84. The number of nitrogens with zero attached hydrogens (tertiary/aromatic N) is 1. The van der Waals surface area contributed by atoms with E-state index >= 15 is 0 Å². The van der Waals surface area contributed by atoms with Gasteiger partial charge in [0.2, 0.25) is 0 Å². The van der Waals surface area contributed by atoms with Crippen LogP contribution in [0.25, 0.3) is 0 Å². The van der Waals surface area contributed by atoms with Gasteiger partial charge in [-0.25, -0.2) is 0 Å². The Labute approximate surface area is 80.3 Å². The van der Waals surface area contributed by atoms with Crippen LogP contribution in [0.15, 0.2) is 0 Å². The van der Waals surface area contributed by atoms with Crippen LogP contribution >= 0.6 is 0 Å². The zero-order valence-corrected chi connectivity index (χ0v) is 8.30. The Morgan fingerprint density at radius 2 is 1.85 bits per heavy atom. The molecule has 0 unspecified atom stereocenters. The van der Waals surface area contributed by atoms with Crippen LogP contribution in [-0.2, 0) is 4.79 Å². The standard InChI is InChI=1S/C11H19NO/c13-10-2-7-12-8-5-11(6-9-12)3-1-4-11/h10H,1-9H2. The highest BCUT2D eigenvalue weighted by Gasteiger charge is 2.39. The normalized spacial score (nSPS) is 27.1. The SMILES string of the molecule is O=CCCN1CCC2(CCC2)CC1. The number of aldehydes is 1. The van der Waals surface area contributed by atoms with E-state index in [1.54, 1.807) is 0 Å². The second kappa shape index (κ2) is 3.79. The lowest BCUT2D eigenvalue weighted by Gasteiger charge is -2.48. The van der Waals surface area contributed by atoms with Crippen molar-refractivity contribution < 1.29 is 4.79 Å². The fourth-order valence-electron chi connectivity index (χ4n) is 2.66. The van der Waals surface area contributed by atoms with Gasteiger partial charge in [-0.1, -0.05) is 6.42 Å². The van der Waals surface area contributed by atoms with Crippen molar-refractivity contribution >= 4 is 6.29 Å². The van der Waals surface area contributed by atoms with Gasteiger partial charge in [0, 0.05) is 13.0 Å². The number of hydrogen-bond acceptors (Lipinski definition) is 2. The van der Waals surface area contributed by atoms with Gasteiger partial charge in [-0.15, -0.1) is 0 Å². The van der Waals surface area contributed by atoms with Crippen LogP contribution < -0.4 is 0 Å². The Morgan fingerprint density at radius 1 is 1.15 bits per heavy atom. The maximum absolute atomic E-state index is 10.2.